The van der Waals surface area contributed by atoms with Crippen LogP contribution in [-0.2, 0) is 0 Å². The van der Waals surface area contributed by atoms with Crippen LogP contribution in [0.2, 0.25) is 0 Å². The van der Waals surface area contributed by atoms with Crippen LogP contribution in [0, 0.1) is 0 Å². The number of benzene rings is 1. The molecule has 0 saturated carbocycles. The lowest BCUT2D eigenvalue weighted by molar-refractivity contribution is 0.171. The molecular weight excluding hydrogens is 272 g/mol. The molecule has 0 aliphatic carbocycles. The molecule has 20 heavy (non-hydrogen) atoms. The molecule has 0 radical (unpaired) electrons. The summed E-state index contributed by atoms with van der Waals surface area (Å²) in [5, 5.41) is 4.10. The van der Waals surface area contributed by atoms with E-state index in [0.29, 0.717) is 19.3 Å². The molecule has 1 aromatic carbocycles. The first-order valence-electron chi connectivity index (χ1n) is 7.23. The predicted octanol–water partition coefficient (Wildman–Crippen LogP) is 2.49. The number of nitrogens with one attached hydrogen (secondary N) is 1. The van der Waals surface area contributed by atoms with Gasteiger partial charge in [-0.2, -0.15) is 0 Å². The van der Waals surface area contributed by atoms with Crippen LogP contribution in [0.25, 0.3) is 0 Å². The van der Waals surface area contributed by atoms with Crippen molar-refractivity contribution in [2.45, 2.75) is 25.8 Å². The van der Waals surface area contributed by atoms with E-state index in [1.54, 1.807) is 0 Å². The van der Waals surface area contributed by atoms with E-state index in [1.807, 2.05) is 6.07 Å². The number of nitrogens with zero attached hydrogens (tertiary/aromatic N) is 1. The lowest BCUT2D eigenvalue weighted by atomic mass is 10.0. The smallest absolute Gasteiger partial charge is 0.169 e. The quantitative estimate of drug-likeness (QED) is 0.847. The Balaban J connectivity index is 1.82. The standard InChI is InChI=1S/C15H20N2O2S/c1-2-16-15(20)17-7-3-4-12(17)11-5-6-13-14(10-11)19-9-8-18-13/h5-6,10,12H,2-4,7-9H2,1H3,(H,16,20)/t12-/m0/s1. The molecule has 0 bridgehead atoms. The average molecular weight is 292 g/mol. The molecule has 5 heteroatoms. The summed E-state index contributed by atoms with van der Waals surface area (Å²) in [5.74, 6) is 1.70. The topological polar surface area (TPSA) is 33.7 Å². The molecule has 1 aromatic rings. The highest BCUT2D eigenvalue weighted by atomic mass is 32.1. The highest BCUT2D eigenvalue weighted by molar-refractivity contribution is 7.80. The van der Waals surface area contributed by atoms with E-state index in [1.165, 1.54) is 12.0 Å². The van der Waals surface area contributed by atoms with Gasteiger partial charge in [-0.25, -0.2) is 0 Å². The van der Waals surface area contributed by atoms with Crippen LogP contribution >= 0.6 is 12.2 Å². The van der Waals surface area contributed by atoms with Crippen molar-refractivity contribution in [2.24, 2.45) is 0 Å². The fraction of sp³-hybridized carbons (Fsp3) is 0.533. The van der Waals surface area contributed by atoms with Crippen molar-refractivity contribution < 1.29 is 9.47 Å². The van der Waals surface area contributed by atoms with Gasteiger partial charge < -0.3 is 19.7 Å². The first-order valence-corrected chi connectivity index (χ1v) is 7.64. The molecule has 1 N–H and O–H groups in total. The van der Waals surface area contributed by atoms with Gasteiger partial charge in [0, 0.05) is 13.1 Å². The van der Waals surface area contributed by atoms with E-state index < -0.39 is 0 Å². The van der Waals surface area contributed by atoms with Crippen molar-refractivity contribution >= 4 is 17.3 Å². The average Bonchev–Trinajstić information content (AvgIpc) is 2.96. The van der Waals surface area contributed by atoms with Gasteiger partial charge in [0.05, 0.1) is 6.04 Å². The van der Waals surface area contributed by atoms with Crippen molar-refractivity contribution in [1.82, 2.24) is 10.2 Å². The molecular formula is C15H20N2O2S. The second-order valence-corrected chi connectivity index (χ2v) is 5.48. The van der Waals surface area contributed by atoms with Crippen LogP contribution in [0.1, 0.15) is 31.4 Å². The zero-order valence-electron chi connectivity index (χ0n) is 11.7. The summed E-state index contributed by atoms with van der Waals surface area (Å²) < 4.78 is 11.3. The first-order chi connectivity index (χ1) is 9.79. The van der Waals surface area contributed by atoms with Gasteiger partial charge in [-0.15, -0.1) is 0 Å². The number of rotatable bonds is 2. The van der Waals surface area contributed by atoms with Crippen LogP contribution in [0.4, 0.5) is 0 Å². The van der Waals surface area contributed by atoms with Crippen LogP contribution < -0.4 is 14.8 Å². The second-order valence-electron chi connectivity index (χ2n) is 5.09. The molecule has 0 unspecified atom stereocenters. The zero-order valence-corrected chi connectivity index (χ0v) is 12.5. The van der Waals surface area contributed by atoms with Crippen molar-refractivity contribution in [1.29, 1.82) is 0 Å². The largest absolute Gasteiger partial charge is 0.486 e. The molecule has 2 aliphatic rings. The molecule has 0 spiro atoms. The summed E-state index contributed by atoms with van der Waals surface area (Å²) in [4.78, 5) is 2.28. The maximum atomic E-state index is 5.67. The van der Waals surface area contributed by atoms with Gasteiger partial charge >= 0.3 is 0 Å². The van der Waals surface area contributed by atoms with Gasteiger partial charge in [-0.1, -0.05) is 6.07 Å². The Labute approximate surface area is 125 Å². The summed E-state index contributed by atoms with van der Waals surface area (Å²) in [6, 6.07) is 6.59. The minimum atomic E-state index is 0.345. The van der Waals surface area contributed by atoms with Crippen molar-refractivity contribution in [3.63, 3.8) is 0 Å². The third kappa shape index (κ3) is 2.54. The summed E-state index contributed by atoms with van der Waals surface area (Å²) in [5.41, 5.74) is 1.26. The normalized spacial score (nSPS) is 20.9. The van der Waals surface area contributed by atoms with E-state index in [4.69, 9.17) is 21.7 Å². The summed E-state index contributed by atoms with van der Waals surface area (Å²) in [7, 11) is 0. The van der Waals surface area contributed by atoms with E-state index in [-0.39, 0.29) is 0 Å². The van der Waals surface area contributed by atoms with Gasteiger partial charge in [0.15, 0.2) is 16.6 Å². The van der Waals surface area contributed by atoms with Crippen molar-refractivity contribution in [3.05, 3.63) is 23.8 Å². The Morgan fingerprint density at radius 2 is 2.15 bits per heavy atom. The number of hydrogen-bond donors (Lipinski definition) is 1. The molecule has 2 heterocycles. The molecule has 3 rings (SSSR count). The Morgan fingerprint density at radius 3 is 2.95 bits per heavy atom. The lowest BCUT2D eigenvalue weighted by Crippen LogP contribution is -2.39. The van der Waals surface area contributed by atoms with E-state index in [0.717, 1.165) is 36.1 Å². The molecule has 1 saturated heterocycles. The maximum Gasteiger partial charge on any atom is 0.169 e. The third-order valence-electron chi connectivity index (χ3n) is 3.79. The Kier molecular flexibility index (Phi) is 3.96. The van der Waals surface area contributed by atoms with Gasteiger partial charge in [0.1, 0.15) is 13.2 Å². The third-order valence-corrected chi connectivity index (χ3v) is 4.17. The summed E-state index contributed by atoms with van der Waals surface area (Å²) in [6.45, 7) is 5.21. The number of ether oxygens (including phenoxy) is 2. The van der Waals surface area contributed by atoms with E-state index >= 15 is 0 Å². The van der Waals surface area contributed by atoms with Crippen LogP contribution in [0.5, 0.6) is 11.5 Å². The zero-order chi connectivity index (χ0) is 13.9. The first kappa shape index (κ1) is 13.5. The molecule has 1 atom stereocenters. The van der Waals surface area contributed by atoms with Gasteiger partial charge in [0.2, 0.25) is 0 Å². The van der Waals surface area contributed by atoms with E-state index in [9.17, 15) is 0 Å². The van der Waals surface area contributed by atoms with Crippen LogP contribution in [-0.4, -0.2) is 36.3 Å². The van der Waals surface area contributed by atoms with Crippen molar-refractivity contribution in [2.75, 3.05) is 26.3 Å². The Hall–Kier alpha value is -1.49. The molecule has 108 valence electrons. The molecule has 0 amide bonds. The fourth-order valence-electron chi connectivity index (χ4n) is 2.88. The highest BCUT2D eigenvalue weighted by Gasteiger charge is 2.28. The summed E-state index contributed by atoms with van der Waals surface area (Å²) >= 11 is 5.47. The molecule has 1 fully saturated rings. The number of likely N-dealkylation sites (tertiary alicyclic amines) is 1. The predicted molar refractivity (Wildman–Crippen MR) is 82.4 cm³/mol. The minimum Gasteiger partial charge on any atom is -0.486 e. The van der Waals surface area contributed by atoms with Crippen LogP contribution in [0.3, 0.4) is 0 Å². The second kappa shape index (κ2) is 5.87. The molecule has 4 nitrogen and oxygen atoms in total. The number of fused-ring (bicyclic) bond motifs is 1. The summed E-state index contributed by atoms with van der Waals surface area (Å²) in [6.07, 6.45) is 2.30. The lowest BCUT2D eigenvalue weighted by Gasteiger charge is -2.28. The van der Waals surface area contributed by atoms with Crippen LogP contribution in [0.15, 0.2) is 18.2 Å². The Morgan fingerprint density at radius 1 is 1.35 bits per heavy atom. The fourth-order valence-corrected chi connectivity index (χ4v) is 3.24. The Bertz CT molecular complexity index is 507. The van der Waals surface area contributed by atoms with Gasteiger partial charge in [-0.3, -0.25) is 0 Å². The SMILES string of the molecule is CCNC(=S)N1CCC[C@H]1c1ccc2c(c1)OCCO2. The molecule has 0 aromatic heterocycles. The number of thiocarbonyl (C=S) groups is 1. The highest BCUT2D eigenvalue weighted by Crippen LogP contribution is 2.37. The monoisotopic (exact) mass is 292 g/mol. The minimum absolute atomic E-state index is 0.345. The maximum absolute atomic E-state index is 5.67. The van der Waals surface area contributed by atoms with Gasteiger partial charge in [-0.05, 0) is 49.7 Å². The van der Waals surface area contributed by atoms with Crippen molar-refractivity contribution in [3.8, 4) is 11.5 Å². The molecule has 2 aliphatic heterocycles. The van der Waals surface area contributed by atoms with Gasteiger partial charge in [0.25, 0.3) is 0 Å². The van der Waals surface area contributed by atoms with E-state index in [2.05, 4.69) is 29.3 Å². The number of hydrogen-bond acceptors (Lipinski definition) is 3.